The number of nitrogens with two attached hydrogens (primary N) is 1. The number of benzene rings is 1. The fraction of sp³-hybridized carbons (Fsp3) is 0.429. The van der Waals surface area contributed by atoms with Crippen LogP contribution in [0.15, 0.2) is 24.3 Å². The van der Waals surface area contributed by atoms with Crippen LogP contribution in [0.3, 0.4) is 0 Å². The standard InChI is InChI=1S/C14H19FN2O2/c1-9(2)7-13(18)17-12(14(16)19)8-10-3-5-11(15)6-4-10/h3-6,9,12H,7-8H2,1-2H3,(H2,16,19)(H,17,18)/t12-/m1/s1. The Kier molecular flexibility index (Phi) is 5.48. The third-order valence-electron chi connectivity index (χ3n) is 2.63. The lowest BCUT2D eigenvalue weighted by Crippen LogP contribution is -2.46. The zero-order chi connectivity index (χ0) is 14.4. The van der Waals surface area contributed by atoms with Crippen molar-refractivity contribution in [2.75, 3.05) is 0 Å². The molecule has 0 aliphatic rings. The summed E-state index contributed by atoms with van der Waals surface area (Å²) in [6.07, 6.45) is 0.604. The predicted octanol–water partition coefficient (Wildman–Crippen LogP) is 1.38. The summed E-state index contributed by atoms with van der Waals surface area (Å²) in [4.78, 5) is 23.0. The number of nitrogens with one attached hydrogen (secondary N) is 1. The van der Waals surface area contributed by atoms with E-state index < -0.39 is 11.9 Å². The quantitative estimate of drug-likeness (QED) is 0.816. The Labute approximate surface area is 112 Å². The van der Waals surface area contributed by atoms with Crippen molar-refractivity contribution in [2.24, 2.45) is 11.7 Å². The summed E-state index contributed by atoms with van der Waals surface area (Å²) in [6, 6.07) is 4.99. The van der Waals surface area contributed by atoms with Gasteiger partial charge < -0.3 is 11.1 Å². The largest absolute Gasteiger partial charge is 0.368 e. The zero-order valence-corrected chi connectivity index (χ0v) is 11.2. The van der Waals surface area contributed by atoms with E-state index in [0.717, 1.165) is 5.56 Å². The minimum atomic E-state index is -0.767. The van der Waals surface area contributed by atoms with Crippen molar-refractivity contribution in [3.8, 4) is 0 Å². The maximum absolute atomic E-state index is 12.8. The Morgan fingerprint density at radius 3 is 2.32 bits per heavy atom. The molecule has 5 heteroatoms. The van der Waals surface area contributed by atoms with Gasteiger partial charge in [-0.05, 0) is 23.6 Å². The molecule has 1 aromatic carbocycles. The Balaban J connectivity index is 2.65. The number of carbonyl (C=O) groups excluding carboxylic acids is 2. The highest BCUT2D eigenvalue weighted by Gasteiger charge is 2.18. The number of amides is 2. The smallest absolute Gasteiger partial charge is 0.240 e. The van der Waals surface area contributed by atoms with Gasteiger partial charge in [0.25, 0.3) is 0 Å². The van der Waals surface area contributed by atoms with Gasteiger partial charge in [0, 0.05) is 12.8 Å². The van der Waals surface area contributed by atoms with Crippen molar-refractivity contribution < 1.29 is 14.0 Å². The van der Waals surface area contributed by atoms with Gasteiger partial charge >= 0.3 is 0 Å². The number of hydrogen-bond donors (Lipinski definition) is 2. The molecule has 0 saturated carbocycles. The summed E-state index contributed by atoms with van der Waals surface area (Å²) in [5.74, 6) is -0.940. The number of carbonyl (C=O) groups is 2. The molecule has 1 rings (SSSR count). The average molecular weight is 266 g/mol. The second kappa shape index (κ2) is 6.87. The van der Waals surface area contributed by atoms with Crippen molar-refractivity contribution in [3.05, 3.63) is 35.6 Å². The van der Waals surface area contributed by atoms with Gasteiger partial charge in [0.15, 0.2) is 0 Å². The molecule has 0 spiro atoms. The molecule has 0 aliphatic heterocycles. The third kappa shape index (κ3) is 5.50. The van der Waals surface area contributed by atoms with Crippen molar-refractivity contribution in [3.63, 3.8) is 0 Å². The summed E-state index contributed by atoms with van der Waals surface area (Å²) < 4.78 is 12.8. The maximum atomic E-state index is 12.8. The molecule has 0 heterocycles. The molecule has 104 valence electrons. The normalized spacial score (nSPS) is 12.2. The number of rotatable bonds is 6. The Hall–Kier alpha value is -1.91. The van der Waals surface area contributed by atoms with E-state index in [0.29, 0.717) is 6.42 Å². The SMILES string of the molecule is CC(C)CC(=O)N[C@H](Cc1ccc(F)cc1)C(N)=O. The number of halogens is 1. The van der Waals surface area contributed by atoms with E-state index in [2.05, 4.69) is 5.32 Å². The Morgan fingerprint density at radius 2 is 1.84 bits per heavy atom. The van der Waals surface area contributed by atoms with E-state index >= 15 is 0 Å². The molecule has 1 atom stereocenters. The van der Waals surface area contributed by atoms with Crippen LogP contribution in [0.4, 0.5) is 4.39 Å². The number of primary amides is 1. The van der Waals surface area contributed by atoms with Crippen LogP contribution in [-0.4, -0.2) is 17.9 Å². The molecule has 1 aromatic rings. The molecule has 0 bridgehead atoms. The summed E-state index contributed by atoms with van der Waals surface area (Å²) in [5, 5.41) is 2.60. The molecular formula is C14H19FN2O2. The fourth-order valence-corrected chi connectivity index (χ4v) is 1.70. The fourth-order valence-electron chi connectivity index (χ4n) is 1.70. The molecule has 0 radical (unpaired) electrons. The summed E-state index contributed by atoms with van der Waals surface area (Å²) in [5.41, 5.74) is 6.01. The minimum Gasteiger partial charge on any atom is -0.368 e. The van der Waals surface area contributed by atoms with Crippen LogP contribution < -0.4 is 11.1 Å². The molecular weight excluding hydrogens is 247 g/mol. The minimum absolute atomic E-state index is 0.207. The lowest BCUT2D eigenvalue weighted by molar-refractivity contribution is -0.127. The zero-order valence-electron chi connectivity index (χ0n) is 11.2. The first-order valence-electron chi connectivity index (χ1n) is 6.21. The summed E-state index contributed by atoms with van der Waals surface area (Å²) in [6.45, 7) is 3.83. The van der Waals surface area contributed by atoms with E-state index in [1.807, 2.05) is 13.8 Å². The van der Waals surface area contributed by atoms with Gasteiger partial charge in [0.05, 0.1) is 0 Å². The van der Waals surface area contributed by atoms with Crippen LogP contribution in [0.25, 0.3) is 0 Å². The molecule has 2 amide bonds. The molecule has 0 fully saturated rings. The molecule has 4 nitrogen and oxygen atoms in total. The van der Waals surface area contributed by atoms with E-state index in [4.69, 9.17) is 5.73 Å². The molecule has 19 heavy (non-hydrogen) atoms. The number of hydrogen-bond acceptors (Lipinski definition) is 2. The predicted molar refractivity (Wildman–Crippen MR) is 70.7 cm³/mol. The topological polar surface area (TPSA) is 72.2 Å². The maximum Gasteiger partial charge on any atom is 0.240 e. The Bertz CT molecular complexity index is 443. The third-order valence-corrected chi connectivity index (χ3v) is 2.63. The van der Waals surface area contributed by atoms with E-state index in [1.54, 1.807) is 12.1 Å². The van der Waals surface area contributed by atoms with Crippen LogP contribution in [0.2, 0.25) is 0 Å². The van der Waals surface area contributed by atoms with Gasteiger partial charge in [0.1, 0.15) is 11.9 Å². The first kappa shape index (κ1) is 15.1. The first-order chi connectivity index (χ1) is 8.88. The first-order valence-corrected chi connectivity index (χ1v) is 6.21. The highest BCUT2D eigenvalue weighted by Crippen LogP contribution is 2.07. The lowest BCUT2D eigenvalue weighted by Gasteiger charge is -2.16. The van der Waals surface area contributed by atoms with Gasteiger partial charge in [0.2, 0.25) is 11.8 Å². The lowest BCUT2D eigenvalue weighted by atomic mass is 10.0. The highest BCUT2D eigenvalue weighted by molar-refractivity contribution is 5.86. The van der Waals surface area contributed by atoms with Crippen LogP contribution in [0.5, 0.6) is 0 Å². The van der Waals surface area contributed by atoms with Gasteiger partial charge in [-0.2, -0.15) is 0 Å². The van der Waals surface area contributed by atoms with Crippen molar-refractivity contribution in [2.45, 2.75) is 32.7 Å². The monoisotopic (exact) mass is 266 g/mol. The second-order valence-electron chi connectivity index (χ2n) is 4.95. The van der Waals surface area contributed by atoms with E-state index in [9.17, 15) is 14.0 Å². The molecule has 0 unspecified atom stereocenters. The van der Waals surface area contributed by atoms with Gasteiger partial charge in [-0.15, -0.1) is 0 Å². The highest BCUT2D eigenvalue weighted by atomic mass is 19.1. The molecule has 3 N–H and O–H groups in total. The van der Waals surface area contributed by atoms with Crippen LogP contribution in [0.1, 0.15) is 25.8 Å². The van der Waals surface area contributed by atoms with Crippen LogP contribution >= 0.6 is 0 Å². The Morgan fingerprint density at radius 1 is 1.26 bits per heavy atom. The summed E-state index contributed by atoms with van der Waals surface area (Å²) in [7, 11) is 0. The van der Waals surface area contributed by atoms with E-state index in [-0.39, 0.29) is 24.1 Å². The molecule has 0 aromatic heterocycles. The van der Waals surface area contributed by atoms with Gasteiger partial charge in [-0.1, -0.05) is 26.0 Å². The molecule has 0 aliphatic carbocycles. The summed E-state index contributed by atoms with van der Waals surface area (Å²) >= 11 is 0. The van der Waals surface area contributed by atoms with Crippen molar-refractivity contribution in [1.82, 2.24) is 5.32 Å². The molecule has 0 saturated heterocycles. The van der Waals surface area contributed by atoms with Crippen LogP contribution in [-0.2, 0) is 16.0 Å². The van der Waals surface area contributed by atoms with Gasteiger partial charge in [-0.3, -0.25) is 9.59 Å². The van der Waals surface area contributed by atoms with Crippen molar-refractivity contribution >= 4 is 11.8 Å². The second-order valence-corrected chi connectivity index (χ2v) is 4.95. The van der Waals surface area contributed by atoms with Gasteiger partial charge in [-0.25, -0.2) is 4.39 Å². The van der Waals surface area contributed by atoms with Crippen molar-refractivity contribution in [1.29, 1.82) is 0 Å². The van der Waals surface area contributed by atoms with E-state index in [1.165, 1.54) is 12.1 Å². The van der Waals surface area contributed by atoms with Crippen LogP contribution in [0, 0.1) is 11.7 Å². The average Bonchev–Trinajstić information content (AvgIpc) is 2.29.